The molecule has 0 aliphatic heterocycles. The van der Waals surface area contributed by atoms with E-state index in [9.17, 15) is 9.59 Å². The summed E-state index contributed by atoms with van der Waals surface area (Å²) in [5.41, 5.74) is 0.293. The number of carboxylic acids is 1. The van der Waals surface area contributed by atoms with Crippen molar-refractivity contribution in [3.63, 3.8) is 0 Å². The predicted molar refractivity (Wildman–Crippen MR) is 75.0 cm³/mol. The van der Waals surface area contributed by atoms with Gasteiger partial charge in [0.1, 0.15) is 5.60 Å². The van der Waals surface area contributed by atoms with Crippen LogP contribution in [-0.4, -0.2) is 27.8 Å². The molecule has 0 spiro atoms. The zero-order valence-electron chi connectivity index (χ0n) is 12.2. The minimum Gasteiger partial charge on any atom is -0.478 e. The number of nitrogens with one attached hydrogen (secondary N) is 1. The molecule has 0 aromatic carbocycles. The summed E-state index contributed by atoms with van der Waals surface area (Å²) < 4.78 is 5.09. The van der Waals surface area contributed by atoms with Gasteiger partial charge in [0.15, 0.2) is 0 Å². The van der Waals surface area contributed by atoms with Gasteiger partial charge in [0.05, 0.1) is 23.1 Å². The third-order valence-electron chi connectivity index (χ3n) is 2.33. The van der Waals surface area contributed by atoms with Crippen molar-refractivity contribution in [2.45, 2.75) is 46.1 Å². The maximum absolute atomic E-state index is 11.6. The Balaban J connectivity index is 2.90. The number of hydrogen-bond acceptors (Lipinski definition) is 4. The Hall–Kier alpha value is -2.11. The summed E-state index contributed by atoms with van der Waals surface area (Å²) in [5, 5.41) is 11.6. The smallest absolute Gasteiger partial charge is 0.412 e. The molecule has 0 aliphatic carbocycles. The molecule has 0 fully saturated rings. The van der Waals surface area contributed by atoms with E-state index in [1.807, 2.05) is 6.92 Å². The molecule has 2 N–H and O–H groups in total. The number of hydrogen-bond donors (Lipinski definition) is 2. The van der Waals surface area contributed by atoms with Crippen LogP contribution in [0.3, 0.4) is 0 Å². The monoisotopic (exact) mass is 280 g/mol. The van der Waals surface area contributed by atoms with Gasteiger partial charge in [-0.2, -0.15) is 0 Å². The van der Waals surface area contributed by atoms with Crippen molar-refractivity contribution in [1.82, 2.24) is 4.98 Å². The van der Waals surface area contributed by atoms with Gasteiger partial charge in [-0.25, -0.2) is 9.59 Å². The number of ether oxygens (including phenoxy) is 1. The fraction of sp³-hybridized carbons (Fsp3) is 0.500. The highest BCUT2D eigenvalue weighted by molar-refractivity contribution is 5.92. The van der Waals surface area contributed by atoms with E-state index in [-0.39, 0.29) is 5.56 Å². The van der Waals surface area contributed by atoms with Crippen molar-refractivity contribution < 1.29 is 19.4 Å². The third kappa shape index (κ3) is 4.87. The zero-order chi connectivity index (χ0) is 15.3. The molecule has 0 bridgehead atoms. The number of pyridine rings is 1. The second-order valence-corrected chi connectivity index (χ2v) is 5.40. The van der Waals surface area contributed by atoms with Gasteiger partial charge in [-0.1, -0.05) is 13.3 Å². The topological polar surface area (TPSA) is 88.5 Å². The molecule has 1 amide bonds. The Kier molecular flexibility index (Phi) is 5.07. The normalized spacial score (nSPS) is 11.0. The molecule has 0 saturated heterocycles. The van der Waals surface area contributed by atoms with E-state index in [0.717, 1.165) is 6.42 Å². The number of carbonyl (C=O) groups is 2. The molecule has 1 aromatic heterocycles. The molecule has 0 radical (unpaired) electrons. The first-order chi connectivity index (χ1) is 9.23. The van der Waals surface area contributed by atoms with Gasteiger partial charge >= 0.3 is 12.1 Å². The lowest BCUT2D eigenvalue weighted by atomic mass is 10.1. The van der Waals surface area contributed by atoms with Crippen molar-refractivity contribution in [1.29, 1.82) is 0 Å². The molecule has 1 rings (SSSR count). The summed E-state index contributed by atoms with van der Waals surface area (Å²) in [7, 11) is 0. The number of amides is 1. The average molecular weight is 280 g/mol. The molecule has 0 unspecified atom stereocenters. The molecule has 0 saturated carbocycles. The number of nitrogens with zero attached hydrogens (tertiary/aromatic N) is 1. The average Bonchev–Trinajstić information content (AvgIpc) is 2.28. The van der Waals surface area contributed by atoms with Crippen LogP contribution in [0.2, 0.25) is 0 Å². The molecular weight excluding hydrogens is 260 g/mol. The lowest BCUT2D eigenvalue weighted by molar-refractivity contribution is 0.0632. The van der Waals surface area contributed by atoms with Crippen LogP contribution >= 0.6 is 0 Å². The van der Waals surface area contributed by atoms with E-state index >= 15 is 0 Å². The van der Waals surface area contributed by atoms with Gasteiger partial charge < -0.3 is 9.84 Å². The third-order valence-corrected chi connectivity index (χ3v) is 2.33. The zero-order valence-corrected chi connectivity index (χ0v) is 12.2. The van der Waals surface area contributed by atoms with E-state index in [1.54, 1.807) is 20.8 Å². The van der Waals surface area contributed by atoms with E-state index < -0.39 is 17.7 Å². The number of carboxylic acid groups (broad SMARTS) is 1. The number of carbonyl (C=O) groups excluding carboxylic acids is 1. The minimum absolute atomic E-state index is 0.0976. The molecule has 6 heteroatoms. The summed E-state index contributed by atoms with van der Waals surface area (Å²) in [6.45, 7) is 7.19. The Morgan fingerprint density at radius 3 is 2.55 bits per heavy atom. The van der Waals surface area contributed by atoms with Crippen LogP contribution in [0, 0.1) is 0 Å². The van der Waals surface area contributed by atoms with Crippen molar-refractivity contribution in [3.8, 4) is 0 Å². The highest BCUT2D eigenvalue weighted by Gasteiger charge is 2.18. The summed E-state index contributed by atoms with van der Waals surface area (Å²) in [4.78, 5) is 26.9. The number of rotatable bonds is 4. The Morgan fingerprint density at radius 2 is 2.05 bits per heavy atom. The molecule has 0 aliphatic rings. The quantitative estimate of drug-likeness (QED) is 0.884. The van der Waals surface area contributed by atoms with Crippen molar-refractivity contribution in [2.75, 3.05) is 5.32 Å². The van der Waals surface area contributed by atoms with Crippen molar-refractivity contribution in [2.24, 2.45) is 0 Å². The summed E-state index contributed by atoms with van der Waals surface area (Å²) >= 11 is 0. The fourth-order valence-corrected chi connectivity index (χ4v) is 1.60. The number of aryl methyl sites for hydroxylation is 1. The number of anilines is 1. The standard InChI is InChI=1S/C14H20N2O4/c1-5-6-11-10(12(17)18)7-9(8-15-11)16-13(19)20-14(2,3)4/h7-8H,5-6H2,1-4H3,(H,16,19)(H,17,18). The van der Waals surface area contributed by atoms with Gasteiger partial charge in [-0.05, 0) is 33.3 Å². The highest BCUT2D eigenvalue weighted by Crippen LogP contribution is 2.16. The predicted octanol–water partition coefficient (Wildman–Crippen LogP) is 3.08. The first-order valence-corrected chi connectivity index (χ1v) is 6.45. The molecule has 0 atom stereocenters. The van der Waals surface area contributed by atoms with Crippen LogP contribution in [0.15, 0.2) is 12.3 Å². The van der Waals surface area contributed by atoms with E-state index in [4.69, 9.17) is 9.84 Å². The number of aromatic nitrogens is 1. The van der Waals surface area contributed by atoms with Crippen LogP contribution in [0.1, 0.15) is 50.2 Å². The van der Waals surface area contributed by atoms with Gasteiger partial charge in [0.25, 0.3) is 0 Å². The van der Waals surface area contributed by atoms with Crippen molar-refractivity contribution in [3.05, 3.63) is 23.5 Å². The molecule has 1 aromatic rings. The molecule has 20 heavy (non-hydrogen) atoms. The summed E-state index contributed by atoms with van der Waals surface area (Å²) in [6.07, 6.45) is 2.17. The van der Waals surface area contributed by atoms with E-state index in [1.165, 1.54) is 12.3 Å². The molecule has 1 heterocycles. The van der Waals surface area contributed by atoms with Crippen molar-refractivity contribution >= 4 is 17.7 Å². The van der Waals surface area contributed by atoms with Gasteiger partial charge in [0.2, 0.25) is 0 Å². The van der Waals surface area contributed by atoms with Crippen LogP contribution < -0.4 is 5.32 Å². The lowest BCUT2D eigenvalue weighted by Gasteiger charge is -2.19. The van der Waals surface area contributed by atoms with Gasteiger partial charge in [0, 0.05) is 0 Å². The fourth-order valence-electron chi connectivity index (χ4n) is 1.60. The molecular formula is C14H20N2O4. The second kappa shape index (κ2) is 6.36. The second-order valence-electron chi connectivity index (χ2n) is 5.40. The van der Waals surface area contributed by atoms with E-state index in [0.29, 0.717) is 17.8 Å². The van der Waals surface area contributed by atoms with Crippen LogP contribution in [0.25, 0.3) is 0 Å². The SMILES string of the molecule is CCCc1ncc(NC(=O)OC(C)(C)C)cc1C(=O)O. The molecule has 110 valence electrons. The molecule has 6 nitrogen and oxygen atoms in total. The lowest BCUT2D eigenvalue weighted by Crippen LogP contribution is -2.27. The highest BCUT2D eigenvalue weighted by atomic mass is 16.6. The first kappa shape index (κ1) is 15.9. The summed E-state index contributed by atoms with van der Waals surface area (Å²) in [5.74, 6) is -1.06. The first-order valence-electron chi connectivity index (χ1n) is 6.45. The summed E-state index contributed by atoms with van der Waals surface area (Å²) in [6, 6.07) is 1.39. The Bertz CT molecular complexity index is 506. The van der Waals surface area contributed by atoms with E-state index in [2.05, 4.69) is 10.3 Å². The van der Waals surface area contributed by atoms with Crippen LogP contribution in [0.5, 0.6) is 0 Å². The maximum Gasteiger partial charge on any atom is 0.412 e. The Labute approximate surface area is 118 Å². The van der Waals surface area contributed by atoms with Crippen LogP contribution in [-0.2, 0) is 11.2 Å². The largest absolute Gasteiger partial charge is 0.478 e. The van der Waals surface area contributed by atoms with Crippen LogP contribution in [0.4, 0.5) is 10.5 Å². The minimum atomic E-state index is -1.06. The Morgan fingerprint density at radius 1 is 1.40 bits per heavy atom. The maximum atomic E-state index is 11.6. The van der Waals surface area contributed by atoms with Gasteiger partial charge in [-0.15, -0.1) is 0 Å². The van der Waals surface area contributed by atoms with Gasteiger partial charge in [-0.3, -0.25) is 10.3 Å². The number of aromatic carboxylic acids is 1.